The molecule has 148 valence electrons. The van der Waals surface area contributed by atoms with Crippen LogP contribution in [0.3, 0.4) is 0 Å². The number of carbonyl (C=O) groups is 1. The largest absolute Gasteiger partial charge is 0.373 e. The Hall–Kier alpha value is -2.97. The molecule has 0 aliphatic carbocycles. The number of rotatable bonds is 1. The number of urea groups is 1. The fourth-order valence-electron chi connectivity index (χ4n) is 3.67. The van der Waals surface area contributed by atoms with Crippen molar-refractivity contribution in [2.45, 2.75) is 6.42 Å². The van der Waals surface area contributed by atoms with E-state index >= 15 is 0 Å². The molecule has 0 saturated carbocycles. The molecule has 0 radical (unpaired) electrons. The Morgan fingerprint density at radius 3 is 2.36 bits per heavy atom. The molecule has 0 spiro atoms. The maximum absolute atomic E-state index is 13.7. The molecule has 28 heavy (non-hydrogen) atoms. The van der Waals surface area contributed by atoms with Gasteiger partial charge in [-0.05, 0) is 24.6 Å². The Balaban J connectivity index is 1.48. The quantitative estimate of drug-likeness (QED) is 0.751. The van der Waals surface area contributed by atoms with Crippen LogP contribution < -0.4 is 14.7 Å². The lowest BCUT2D eigenvalue weighted by molar-refractivity contribution is 0.201. The van der Waals surface area contributed by atoms with E-state index in [1.165, 1.54) is 12.1 Å². The second-order valence-electron chi connectivity index (χ2n) is 7.02. The van der Waals surface area contributed by atoms with E-state index in [0.717, 1.165) is 36.7 Å². The highest BCUT2D eigenvalue weighted by atomic mass is 19.1. The van der Waals surface area contributed by atoms with Crippen LogP contribution in [0.1, 0.15) is 6.42 Å². The number of anilines is 3. The molecule has 2 aromatic rings. The van der Waals surface area contributed by atoms with Crippen molar-refractivity contribution >= 4 is 23.4 Å². The summed E-state index contributed by atoms with van der Waals surface area (Å²) in [5.74, 6) is -0.322. The summed E-state index contributed by atoms with van der Waals surface area (Å²) in [5.41, 5.74) is 1.46. The molecule has 9 heteroatoms. The van der Waals surface area contributed by atoms with E-state index < -0.39 is 5.82 Å². The Morgan fingerprint density at radius 2 is 1.64 bits per heavy atom. The number of amides is 2. The second-order valence-corrected chi connectivity index (χ2v) is 7.02. The van der Waals surface area contributed by atoms with Crippen LogP contribution in [0, 0.1) is 11.6 Å². The van der Waals surface area contributed by atoms with Crippen LogP contribution in [0.4, 0.5) is 30.9 Å². The predicted molar refractivity (Wildman–Crippen MR) is 103 cm³/mol. The summed E-state index contributed by atoms with van der Waals surface area (Å²) in [6.45, 7) is 3.52. The van der Waals surface area contributed by atoms with Gasteiger partial charge < -0.3 is 14.7 Å². The van der Waals surface area contributed by atoms with Gasteiger partial charge in [-0.3, -0.25) is 4.90 Å². The Kier molecular flexibility index (Phi) is 4.97. The van der Waals surface area contributed by atoms with E-state index in [-0.39, 0.29) is 11.8 Å². The van der Waals surface area contributed by atoms with Crippen LogP contribution in [0.15, 0.2) is 30.6 Å². The molecule has 0 unspecified atom stereocenters. The van der Waals surface area contributed by atoms with Gasteiger partial charge in [0.05, 0.1) is 23.8 Å². The van der Waals surface area contributed by atoms with E-state index in [1.54, 1.807) is 15.9 Å². The third kappa shape index (κ3) is 3.56. The Morgan fingerprint density at radius 1 is 0.929 bits per heavy atom. The van der Waals surface area contributed by atoms with Gasteiger partial charge in [-0.15, -0.1) is 0 Å². The topological polar surface area (TPSA) is 55.8 Å². The highest BCUT2D eigenvalue weighted by molar-refractivity contribution is 5.96. The summed E-state index contributed by atoms with van der Waals surface area (Å²) in [4.78, 5) is 28.6. The van der Waals surface area contributed by atoms with Crippen LogP contribution in [-0.4, -0.2) is 67.2 Å². The van der Waals surface area contributed by atoms with Crippen LogP contribution in [0.2, 0.25) is 0 Å². The number of carbonyl (C=O) groups excluding carboxylic acids is 1. The maximum Gasteiger partial charge on any atom is 0.324 e. The number of hydrogen-bond acceptors (Lipinski definition) is 5. The molecule has 2 aliphatic rings. The number of aromatic nitrogens is 2. The Labute approximate surface area is 162 Å². The van der Waals surface area contributed by atoms with Gasteiger partial charge in [0, 0.05) is 46.3 Å². The van der Waals surface area contributed by atoms with Gasteiger partial charge in [0.25, 0.3) is 0 Å². The molecule has 1 aromatic heterocycles. The normalized spacial score (nSPS) is 17.4. The number of benzene rings is 1. The summed E-state index contributed by atoms with van der Waals surface area (Å²) in [5, 5.41) is 0. The number of halogens is 2. The van der Waals surface area contributed by atoms with Gasteiger partial charge in [0.15, 0.2) is 5.82 Å². The van der Waals surface area contributed by atoms with Crippen molar-refractivity contribution in [2.24, 2.45) is 0 Å². The molecule has 4 rings (SSSR count). The van der Waals surface area contributed by atoms with E-state index in [1.807, 2.05) is 16.8 Å². The highest BCUT2D eigenvalue weighted by Gasteiger charge is 2.30. The van der Waals surface area contributed by atoms with Crippen LogP contribution in [-0.2, 0) is 0 Å². The molecule has 7 nitrogen and oxygen atoms in total. The molecule has 0 N–H and O–H groups in total. The summed E-state index contributed by atoms with van der Waals surface area (Å²) in [6, 6.07) is 4.46. The van der Waals surface area contributed by atoms with Gasteiger partial charge in [-0.25, -0.2) is 23.5 Å². The SMILES string of the molecule is CN1CCCN(C(=O)N2CCN(c3ncc(F)cn3)CC2)c2ccc(F)cc21. The second kappa shape index (κ2) is 7.57. The minimum absolute atomic E-state index is 0.0807. The number of nitrogens with zero attached hydrogens (tertiary/aromatic N) is 6. The molecule has 1 saturated heterocycles. The predicted octanol–water partition coefficient (Wildman–Crippen LogP) is 2.34. The highest BCUT2D eigenvalue weighted by Crippen LogP contribution is 2.33. The first-order valence-electron chi connectivity index (χ1n) is 9.32. The van der Waals surface area contributed by atoms with Crippen molar-refractivity contribution in [3.8, 4) is 0 Å². The average Bonchev–Trinajstić information content (AvgIpc) is 2.87. The molecule has 0 atom stereocenters. The third-order valence-corrected chi connectivity index (χ3v) is 5.19. The summed E-state index contributed by atoms with van der Waals surface area (Å²) < 4.78 is 26.7. The first kappa shape index (κ1) is 18.4. The number of fused-ring (bicyclic) bond motifs is 1. The van der Waals surface area contributed by atoms with Crippen LogP contribution >= 0.6 is 0 Å². The van der Waals surface area contributed by atoms with Gasteiger partial charge >= 0.3 is 6.03 Å². The number of hydrogen-bond donors (Lipinski definition) is 0. The first-order chi connectivity index (χ1) is 13.5. The molecular weight excluding hydrogens is 366 g/mol. The van der Waals surface area contributed by atoms with Crippen molar-refractivity contribution in [1.29, 1.82) is 0 Å². The zero-order chi connectivity index (χ0) is 19.7. The third-order valence-electron chi connectivity index (χ3n) is 5.19. The van der Waals surface area contributed by atoms with Crippen molar-refractivity contribution in [2.75, 3.05) is 61.0 Å². The lowest BCUT2D eigenvalue weighted by atomic mass is 10.2. The smallest absolute Gasteiger partial charge is 0.324 e. The van der Waals surface area contributed by atoms with Gasteiger partial charge in [0.2, 0.25) is 5.95 Å². The molecule has 1 fully saturated rings. The molecule has 0 bridgehead atoms. The van der Waals surface area contributed by atoms with Crippen LogP contribution in [0.5, 0.6) is 0 Å². The van der Waals surface area contributed by atoms with E-state index in [0.29, 0.717) is 38.7 Å². The average molecular weight is 388 g/mol. The number of piperazine rings is 1. The lowest BCUT2D eigenvalue weighted by Gasteiger charge is -2.37. The minimum atomic E-state index is -0.473. The standard InChI is InChI=1S/C19H22F2N6O/c1-24-5-2-6-27(16-4-3-14(20)11-17(16)24)19(28)26-9-7-25(8-10-26)18-22-12-15(21)13-23-18/h3-4,11-13H,2,5-10H2,1H3. The maximum atomic E-state index is 13.7. The van der Waals surface area contributed by atoms with E-state index in [4.69, 9.17) is 0 Å². The van der Waals surface area contributed by atoms with Crippen molar-refractivity contribution in [3.63, 3.8) is 0 Å². The molecule has 2 aliphatic heterocycles. The van der Waals surface area contributed by atoms with Crippen molar-refractivity contribution in [1.82, 2.24) is 14.9 Å². The zero-order valence-electron chi connectivity index (χ0n) is 15.7. The van der Waals surface area contributed by atoms with E-state index in [2.05, 4.69) is 9.97 Å². The molecule has 2 amide bonds. The monoisotopic (exact) mass is 388 g/mol. The summed E-state index contributed by atoms with van der Waals surface area (Å²) in [7, 11) is 1.91. The van der Waals surface area contributed by atoms with Gasteiger partial charge in [-0.1, -0.05) is 0 Å². The molecule has 3 heterocycles. The zero-order valence-corrected chi connectivity index (χ0v) is 15.7. The van der Waals surface area contributed by atoms with Crippen LogP contribution in [0.25, 0.3) is 0 Å². The fraction of sp³-hybridized carbons (Fsp3) is 0.421. The molecule has 1 aromatic carbocycles. The molecular formula is C19H22F2N6O. The Bertz CT molecular complexity index is 854. The summed E-state index contributed by atoms with van der Waals surface area (Å²) in [6.07, 6.45) is 3.09. The van der Waals surface area contributed by atoms with Crippen molar-refractivity contribution < 1.29 is 13.6 Å². The lowest BCUT2D eigenvalue weighted by Crippen LogP contribution is -2.53. The van der Waals surface area contributed by atoms with Gasteiger partial charge in [-0.2, -0.15) is 0 Å². The summed E-state index contributed by atoms with van der Waals surface area (Å²) >= 11 is 0. The minimum Gasteiger partial charge on any atom is -0.373 e. The van der Waals surface area contributed by atoms with E-state index in [9.17, 15) is 13.6 Å². The fourth-order valence-corrected chi connectivity index (χ4v) is 3.67. The first-order valence-corrected chi connectivity index (χ1v) is 9.32. The van der Waals surface area contributed by atoms with Gasteiger partial charge in [0.1, 0.15) is 5.82 Å². The van der Waals surface area contributed by atoms with Crippen molar-refractivity contribution in [3.05, 3.63) is 42.2 Å².